The zero-order chi connectivity index (χ0) is 12.7. The molecule has 0 aromatic carbocycles. The van der Waals surface area contributed by atoms with E-state index in [1.807, 2.05) is 0 Å². The van der Waals surface area contributed by atoms with E-state index in [1.54, 1.807) is 0 Å². The van der Waals surface area contributed by atoms with E-state index < -0.39 is 0 Å². The summed E-state index contributed by atoms with van der Waals surface area (Å²) in [5.74, 6) is 3.14. The van der Waals surface area contributed by atoms with Crippen molar-refractivity contribution in [1.82, 2.24) is 0 Å². The zero-order valence-electron chi connectivity index (χ0n) is 11.4. The van der Waals surface area contributed by atoms with Gasteiger partial charge in [-0.15, -0.1) is 0 Å². The van der Waals surface area contributed by atoms with Crippen molar-refractivity contribution in [3.8, 4) is 0 Å². The number of furan rings is 1. The van der Waals surface area contributed by atoms with Gasteiger partial charge >= 0.3 is 0 Å². The molecule has 0 radical (unpaired) electrons. The average Bonchev–Trinajstić information content (AvgIpc) is 2.82. The summed E-state index contributed by atoms with van der Waals surface area (Å²) < 4.78 is 5.93. The highest BCUT2D eigenvalue weighted by Gasteiger charge is 2.12. The molecule has 94 valence electrons. The lowest BCUT2D eigenvalue weighted by atomic mass is 10.0. The summed E-state index contributed by atoms with van der Waals surface area (Å²) in [7, 11) is 0. The van der Waals surface area contributed by atoms with Gasteiger partial charge in [-0.2, -0.15) is 0 Å². The van der Waals surface area contributed by atoms with Crippen LogP contribution in [0.3, 0.4) is 0 Å². The quantitative estimate of drug-likeness (QED) is 0.597. The predicted octanol–water partition coefficient (Wildman–Crippen LogP) is 5.42. The third kappa shape index (κ3) is 4.26. The predicted molar refractivity (Wildman–Crippen MR) is 74.4 cm³/mol. The highest BCUT2D eigenvalue weighted by atomic mass is 16.3. The van der Waals surface area contributed by atoms with Crippen LogP contribution in [0.4, 0.5) is 0 Å². The lowest BCUT2D eigenvalue weighted by Gasteiger charge is -2.07. The molecule has 2 unspecified atom stereocenters. The summed E-state index contributed by atoms with van der Waals surface area (Å²) in [6.45, 7) is 8.53. The number of allylic oxidation sites excluding steroid dienone is 4. The molecular formula is C16H24O. The van der Waals surface area contributed by atoms with Gasteiger partial charge in [0.05, 0.1) is 0 Å². The summed E-state index contributed by atoms with van der Waals surface area (Å²) in [5, 5.41) is 0. The largest absolute Gasteiger partial charge is 0.466 e. The highest BCUT2D eigenvalue weighted by Crippen LogP contribution is 2.27. The average molecular weight is 232 g/mol. The van der Waals surface area contributed by atoms with Crippen molar-refractivity contribution >= 4 is 0 Å². The van der Waals surface area contributed by atoms with Crippen LogP contribution in [0.15, 0.2) is 40.9 Å². The number of hydrogen-bond acceptors (Lipinski definition) is 1. The lowest BCUT2D eigenvalue weighted by Crippen LogP contribution is -1.90. The Labute approximate surface area is 105 Å². The first-order valence-corrected chi connectivity index (χ1v) is 6.51. The highest BCUT2D eigenvalue weighted by molar-refractivity contribution is 5.15. The van der Waals surface area contributed by atoms with Crippen molar-refractivity contribution in [2.24, 2.45) is 0 Å². The normalized spacial score (nSPS) is 15.8. The van der Waals surface area contributed by atoms with E-state index in [9.17, 15) is 0 Å². The van der Waals surface area contributed by atoms with E-state index in [-0.39, 0.29) is 0 Å². The Bertz CT molecular complexity index is 336. The second kappa shape index (κ2) is 7.16. The summed E-state index contributed by atoms with van der Waals surface area (Å²) in [6.07, 6.45) is 10.7. The van der Waals surface area contributed by atoms with Crippen molar-refractivity contribution < 1.29 is 4.42 Å². The molecule has 0 aliphatic heterocycles. The van der Waals surface area contributed by atoms with Crippen LogP contribution in [0.25, 0.3) is 0 Å². The summed E-state index contributed by atoms with van der Waals surface area (Å²) in [5.41, 5.74) is 0. The number of rotatable bonds is 6. The second-order valence-corrected chi connectivity index (χ2v) is 4.65. The van der Waals surface area contributed by atoms with Crippen molar-refractivity contribution in [3.05, 3.63) is 48.0 Å². The fourth-order valence-electron chi connectivity index (χ4n) is 1.81. The van der Waals surface area contributed by atoms with Gasteiger partial charge < -0.3 is 4.42 Å². The van der Waals surface area contributed by atoms with E-state index >= 15 is 0 Å². The van der Waals surface area contributed by atoms with Crippen molar-refractivity contribution in [1.29, 1.82) is 0 Å². The second-order valence-electron chi connectivity index (χ2n) is 4.65. The van der Waals surface area contributed by atoms with Crippen molar-refractivity contribution in [3.63, 3.8) is 0 Å². The molecule has 0 aliphatic rings. The van der Waals surface area contributed by atoms with Crippen molar-refractivity contribution in [2.45, 2.75) is 52.4 Å². The van der Waals surface area contributed by atoms with Crippen LogP contribution in [-0.2, 0) is 0 Å². The monoisotopic (exact) mass is 232 g/mol. The molecule has 0 N–H and O–H groups in total. The molecule has 17 heavy (non-hydrogen) atoms. The first-order valence-electron chi connectivity index (χ1n) is 6.51. The fourth-order valence-corrected chi connectivity index (χ4v) is 1.81. The topological polar surface area (TPSA) is 13.1 Å². The first kappa shape index (κ1) is 13.8. The summed E-state index contributed by atoms with van der Waals surface area (Å²) in [4.78, 5) is 0. The van der Waals surface area contributed by atoms with E-state index in [4.69, 9.17) is 4.42 Å². The molecule has 2 atom stereocenters. The number of hydrogen-bond donors (Lipinski definition) is 0. The molecule has 1 aromatic rings. The standard InChI is InChI=1S/C16H24O/c1-5-7-9-13(3)15-11-12-16(17-15)14(4)10-8-6-2/h5-8,11-14H,9-10H2,1-4H3/b7-5+,8-6+. The molecule has 1 rings (SSSR count). The van der Waals surface area contributed by atoms with E-state index in [0.717, 1.165) is 24.4 Å². The maximum absolute atomic E-state index is 5.93. The fraction of sp³-hybridized carbons (Fsp3) is 0.500. The van der Waals surface area contributed by atoms with Crippen LogP contribution in [0.5, 0.6) is 0 Å². The Morgan fingerprint density at radius 2 is 1.35 bits per heavy atom. The van der Waals surface area contributed by atoms with Gasteiger partial charge in [-0.3, -0.25) is 0 Å². The van der Waals surface area contributed by atoms with Crippen LogP contribution in [0.1, 0.15) is 63.9 Å². The van der Waals surface area contributed by atoms with Crippen LogP contribution < -0.4 is 0 Å². The SMILES string of the molecule is C/C=C/CC(C)c1ccc(C(C)C/C=C/C)o1. The maximum atomic E-state index is 5.93. The molecule has 0 spiro atoms. The van der Waals surface area contributed by atoms with Gasteiger partial charge in [-0.25, -0.2) is 0 Å². The van der Waals surface area contributed by atoms with Gasteiger partial charge in [0.15, 0.2) is 0 Å². The zero-order valence-corrected chi connectivity index (χ0v) is 11.4. The minimum atomic E-state index is 0.467. The molecule has 0 bridgehead atoms. The molecule has 0 saturated carbocycles. The molecule has 0 fully saturated rings. The van der Waals surface area contributed by atoms with Crippen LogP contribution >= 0.6 is 0 Å². The minimum Gasteiger partial charge on any atom is -0.466 e. The Hall–Kier alpha value is -1.24. The molecule has 1 aromatic heterocycles. The molecule has 0 saturated heterocycles. The van der Waals surface area contributed by atoms with E-state index in [0.29, 0.717) is 11.8 Å². The Kier molecular flexibility index (Phi) is 5.82. The minimum absolute atomic E-state index is 0.467. The maximum Gasteiger partial charge on any atom is 0.107 e. The molecule has 1 heteroatoms. The summed E-state index contributed by atoms with van der Waals surface area (Å²) in [6, 6.07) is 4.24. The Balaban J connectivity index is 2.63. The van der Waals surface area contributed by atoms with Gasteiger partial charge in [0.2, 0.25) is 0 Å². The van der Waals surface area contributed by atoms with Gasteiger partial charge in [0, 0.05) is 11.8 Å². The smallest absolute Gasteiger partial charge is 0.107 e. The third-order valence-corrected chi connectivity index (χ3v) is 3.07. The van der Waals surface area contributed by atoms with Crippen LogP contribution in [0.2, 0.25) is 0 Å². The Morgan fingerprint density at radius 1 is 0.941 bits per heavy atom. The van der Waals surface area contributed by atoms with Crippen molar-refractivity contribution in [2.75, 3.05) is 0 Å². The van der Waals surface area contributed by atoms with Gasteiger partial charge in [-0.1, -0.05) is 38.2 Å². The van der Waals surface area contributed by atoms with E-state index in [2.05, 4.69) is 64.1 Å². The molecule has 1 nitrogen and oxygen atoms in total. The third-order valence-electron chi connectivity index (χ3n) is 3.07. The molecule has 0 amide bonds. The van der Waals surface area contributed by atoms with Gasteiger partial charge in [0.1, 0.15) is 11.5 Å². The summed E-state index contributed by atoms with van der Waals surface area (Å²) >= 11 is 0. The van der Waals surface area contributed by atoms with Crippen LogP contribution in [-0.4, -0.2) is 0 Å². The first-order chi connectivity index (χ1) is 8.19. The van der Waals surface area contributed by atoms with E-state index in [1.165, 1.54) is 0 Å². The van der Waals surface area contributed by atoms with Gasteiger partial charge in [-0.05, 0) is 38.8 Å². The molecule has 0 aliphatic carbocycles. The Morgan fingerprint density at radius 3 is 1.71 bits per heavy atom. The van der Waals surface area contributed by atoms with Gasteiger partial charge in [0.25, 0.3) is 0 Å². The van der Waals surface area contributed by atoms with Crippen LogP contribution in [0, 0.1) is 0 Å². The molecular weight excluding hydrogens is 208 g/mol. The lowest BCUT2D eigenvalue weighted by molar-refractivity contribution is 0.418. The molecule has 1 heterocycles.